The molecule has 0 N–H and O–H groups in total. The van der Waals surface area contributed by atoms with E-state index in [1.165, 1.54) is 16.4 Å². The molecule has 2 heterocycles. The molecule has 1 aromatic carbocycles. The van der Waals surface area contributed by atoms with Crippen molar-refractivity contribution < 1.29 is 26.1 Å². The second kappa shape index (κ2) is 6.75. The summed E-state index contributed by atoms with van der Waals surface area (Å²) < 4.78 is 68.8. The SMILES string of the molecule is O=S(=O)(Cc1noc(-c2ccc(C(F)(F)F)cc2)n1)N1CCCCC1. The summed E-state index contributed by atoms with van der Waals surface area (Å²) in [6.45, 7) is 0.956. The van der Waals surface area contributed by atoms with Crippen LogP contribution in [0.25, 0.3) is 11.5 Å². The number of aromatic nitrogens is 2. The fraction of sp³-hybridized carbons (Fsp3) is 0.467. The average molecular weight is 375 g/mol. The summed E-state index contributed by atoms with van der Waals surface area (Å²) in [5.41, 5.74) is -0.495. The van der Waals surface area contributed by atoms with Gasteiger partial charge in [0.25, 0.3) is 5.89 Å². The summed E-state index contributed by atoms with van der Waals surface area (Å²) in [4.78, 5) is 3.99. The molecule has 0 radical (unpaired) electrons. The normalized spacial score (nSPS) is 16.9. The Labute approximate surface area is 142 Å². The van der Waals surface area contributed by atoms with Gasteiger partial charge in [0.05, 0.1) is 5.56 Å². The molecule has 6 nitrogen and oxygen atoms in total. The number of sulfonamides is 1. The third-order valence-corrected chi connectivity index (χ3v) is 5.72. The number of piperidine rings is 1. The Hall–Kier alpha value is -1.94. The lowest BCUT2D eigenvalue weighted by Crippen LogP contribution is -2.36. The molecule has 0 aliphatic carbocycles. The molecule has 1 aliphatic rings. The van der Waals surface area contributed by atoms with E-state index in [-0.39, 0.29) is 11.7 Å². The highest BCUT2D eigenvalue weighted by Gasteiger charge is 2.30. The van der Waals surface area contributed by atoms with Crippen molar-refractivity contribution in [1.82, 2.24) is 14.4 Å². The van der Waals surface area contributed by atoms with E-state index < -0.39 is 27.5 Å². The zero-order valence-corrected chi connectivity index (χ0v) is 14.0. The molecule has 0 saturated carbocycles. The number of alkyl halides is 3. The molecular weight excluding hydrogens is 359 g/mol. The number of hydrogen-bond acceptors (Lipinski definition) is 5. The zero-order valence-electron chi connectivity index (χ0n) is 13.2. The molecule has 1 aliphatic heterocycles. The second-order valence-electron chi connectivity index (χ2n) is 5.81. The van der Waals surface area contributed by atoms with E-state index in [2.05, 4.69) is 10.1 Å². The first-order chi connectivity index (χ1) is 11.8. The van der Waals surface area contributed by atoms with Gasteiger partial charge in [0.1, 0.15) is 5.75 Å². The summed E-state index contributed by atoms with van der Waals surface area (Å²) in [7, 11) is -3.53. The van der Waals surface area contributed by atoms with Crippen LogP contribution in [0.5, 0.6) is 0 Å². The topological polar surface area (TPSA) is 76.3 Å². The van der Waals surface area contributed by atoms with E-state index in [9.17, 15) is 21.6 Å². The van der Waals surface area contributed by atoms with Crippen LogP contribution in [0.3, 0.4) is 0 Å². The Balaban J connectivity index is 1.74. The predicted molar refractivity (Wildman–Crippen MR) is 82.8 cm³/mol. The van der Waals surface area contributed by atoms with Crippen LogP contribution in [0.2, 0.25) is 0 Å². The van der Waals surface area contributed by atoms with Gasteiger partial charge in [0.2, 0.25) is 10.0 Å². The largest absolute Gasteiger partial charge is 0.416 e. The fourth-order valence-electron chi connectivity index (χ4n) is 2.63. The molecule has 3 rings (SSSR count). The lowest BCUT2D eigenvalue weighted by atomic mass is 10.1. The third kappa shape index (κ3) is 4.18. The Morgan fingerprint density at radius 1 is 1.08 bits per heavy atom. The zero-order chi connectivity index (χ0) is 18.1. The molecule has 136 valence electrons. The Morgan fingerprint density at radius 2 is 1.72 bits per heavy atom. The molecule has 2 aromatic rings. The molecule has 1 fully saturated rings. The van der Waals surface area contributed by atoms with Gasteiger partial charge in [-0.05, 0) is 37.1 Å². The molecule has 0 atom stereocenters. The number of halogens is 3. The average Bonchev–Trinajstić information content (AvgIpc) is 3.03. The highest BCUT2D eigenvalue weighted by Crippen LogP contribution is 2.30. The minimum Gasteiger partial charge on any atom is -0.334 e. The predicted octanol–water partition coefficient (Wildman–Crippen LogP) is 3.07. The summed E-state index contributed by atoms with van der Waals surface area (Å²) in [6.07, 6.45) is -1.78. The van der Waals surface area contributed by atoms with Crippen LogP contribution >= 0.6 is 0 Å². The van der Waals surface area contributed by atoms with Crippen LogP contribution in [0.4, 0.5) is 13.2 Å². The maximum absolute atomic E-state index is 12.6. The van der Waals surface area contributed by atoms with Gasteiger partial charge in [0.15, 0.2) is 5.82 Å². The summed E-state index contributed by atoms with van der Waals surface area (Å²) >= 11 is 0. The molecule has 0 spiro atoms. The van der Waals surface area contributed by atoms with Crippen molar-refractivity contribution in [2.24, 2.45) is 0 Å². The number of hydrogen-bond donors (Lipinski definition) is 0. The van der Waals surface area contributed by atoms with Crippen molar-refractivity contribution in [3.63, 3.8) is 0 Å². The quantitative estimate of drug-likeness (QED) is 0.821. The first kappa shape index (κ1) is 17.9. The van der Waals surface area contributed by atoms with Crippen LogP contribution in [-0.2, 0) is 22.0 Å². The molecule has 0 unspecified atom stereocenters. The van der Waals surface area contributed by atoms with Crippen molar-refractivity contribution in [2.45, 2.75) is 31.2 Å². The summed E-state index contributed by atoms with van der Waals surface area (Å²) in [5, 5.41) is 3.63. The minimum absolute atomic E-state index is 0.0135. The van der Waals surface area contributed by atoms with Crippen molar-refractivity contribution in [2.75, 3.05) is 13.1 Å². The summed E-state index contributed by atoms with van der Waals surface area (Å²) in [6, 6.07) is 4.23. The van der Waals surface area contributed by atoms with Crippen LogP contribution in [0.1, 0.15) is 30.7 Å². The molecule has 1 saturated heterocycles. The highest BCUT2D eigenvalue weighted by molar-refractivity contribution is 7.88. The van der Waals surface area contributed by atoms with Gasteiger partial charge >= 0.3 is 6.18 Å². The van der Waals surface area contributed by atoms with E-state index >= 15 is 0 Å². The molecule has 1 aromatic heterocycles. The first-order valence-electron chi connectivity index (χ1n) is 7.74. The van der Waals surface area contributed by atoms with Gasteiger partial charge in [-0.1, -0.05) is 11.6 Å². The lowest BCUT2D eigenvalue weighted by Gasteiger charge is -2.25. The van der Waals surface area contributed by atoms with Crippen LogP contribution in [-0.4, -0.2) is 36.0 Å². The Bertz CT molecular complexity index is 826. The van der Waals surface area contributed by atoms with Crippen molar-refractivity contribution in [3.8, 4) is 11.5 Å². The van der Waals surface area contributed by atoms with Crippen LogP contribution < -0.4 is 0 Å². The van der Waals surface area contributed by atoms with Gasteiger partial charge in [-0.15, -0.1) is 0 Å². The molecule has 25 heavy (non-hydrogen) atoms. The summed E-state index contributed by atoms with van der Waals surface area (Å²) in [5.74, 6) is -0.421. The maximum Gasteiger partial charge on any atom is 0.416 e. The van der Waals surface area contributed by atoms with Gasteiger partial charge in [0, 0.05) is 18.7 Å². The molecule has 0 amide bonds. The van der Waals surface area contributed by atoms with Gasteiger partial charge in [-0.2, -0.15) is 18.2 Å². The van der Waals surface area contributed by atoms with Crippen molar-refractivity contribution in [1.29, 1.82) is 0 Å². The third-order valence-electron chi connectivity index (χ3n) is 3.95. The molecule has 0 bridgehead atoms. The van der Waals surface area contributed by atoms with E-state index in [1.54, 1.807) is 0 Å². The molecular formula is C15H16F3N3O3S. The fourth-order valence-corrected chi connectivity index (χ4v) is 4.07. The Kier molecular flexibility index (Phi) is 4.83. The monoisotopic (exact) mass is 375 g/mol. The second-order valence-corrected chi connectivity index (χ2v) is 7.78. The maximum atomic E-state index is 12.6. The first-order valence-corrected chi connectivity index (χ1v) is 9.35. The highest BCUT2D eigenvalue weighted by atomic mass is 32.2. The standard InChI is InChI=1S/C15H16F3N3O3S/c16-15(17,18)12-6-4-11(5-7-12)14-19-13(20-24-14)10-25(22,23)21-8-2-1-3-9-21/h4-7H,1-3,8-10H2. The lowest BCUT2D eigenvalue weighted by molar-refractivity contribution is -0.137. The van der Waals surface area contributed by atoms with Gasteiger partial charge in [-0.3, -0.25) is 0 Å². The van der Waals surface area contributed by atoms with Gasteiger partial charge in [-0.25, -0.2) is 12.7 Å². The number of nitrogens with zero attached hydrogens (tertiary/aromatic N) is 3. The van der Waals surface area contributed by atoms with E-state index in [1.807, 2.05) is 0 Å². The van der Waals surface area contributed by atoms with E-state index in [0.29, 0.717) is 18.7 Å². The van der Waals surface area contributed by atoms with E-state index in [4.69, 9.17) is 4.52 Å². The Morgan fingerprint density at radius 3 is 2.32 bits per heavy atom. The minimum atomic E-state index is -4.43. The van der Waals surface area contributed by atoms with Gasteiger partial charge < -0.3 is 4.52 Å². The van der Waals surface area contributed by atoms with Crippen LogP contribution in [0.15, 0.2) is 28.8 Å². The van der Waals surface area contributed by atoms with Crippen LogP contribution in [0, 0.1) is 0 Å². The van der Waals surface area contributed by atoms with E-state index in [0.717, 1.165) is 31.4 Å². The van der Waals surface area contributed by atoms with Crippen molar-refractivity contribution >= 4 is 10.0 Å². The van der Waals surface area contributed by atoms with Crippen molar-refractivity contribution in [3.05, 3.63) is 35.7 Å². The number of benzene rings is 1. The molecule has 10 heteroatoms. The smallest absolute Gasteiger partial charge is 0.334 e. The number of rotatable bonds is 4.